The van der Waals surface area contributed by atoms with Crippen molar-refractivity contribution in [3.8, 4) is 28.4 Å². The summed E-state index contributed by atoms with van der Waals surface area (Å²) in [6.07, 6.45) is 1.49. The minimum Gasteiger partial charge on any atom is -0.457 e. The molecule has 326 valence electrons. The van der Waals surface area contributed by atoms with Gasteiger partial charge >= 0.3 is 0 Å². The summed E-state index contributed by atoms with van der Waals surface area (Å²) >= 11 is 0. The first-order chi connectivity index (χ1) is 36.6. The van der Waals surface area contributed by atoms with E-state index in [1.54, 1.807) is 30.3 Å². The van der Waals surface area contributed by atoms with E-state index in [4.69, 9.17) is 22.1 Å². The molecule has 0 saturated heterocycles. The number of rotatable bonds is 5. The van der Waals surface area contributed by atoms with Crippen molar-refractivity contribution in [3.05, 3.63) is 204 Å². The topological polar surface area (TPSA) is 35.2 Å². The van der Waals surface area contributed by atoms with Gasteiger partial charge in [-0.15, -0.1) is 0 Å². The normalized spacial score (nSPS) is 15.1. The molecule has 67 heavy (non-hydrogen) atoms. The van der Waals surface area contributed by atoms with E-state index in [2.05, 4.69) is 123 Å². The molecule has 1 aliphatic heterocycles. The van der Waals surface area contributed by atoms with Gasteiger partial charge in [0.1, 0.15) is 24.0 Å². The number of pyridine rings is 1. The summed E-state index contributed by atoms with van der Waals surface area (Å²) in [5.41, 5.74) is 8.32. The molecule has 12 rings (SSSR count). The first-order valence-corrected chi connectivity index (χ1v) is 22.6. The molecular weight excluding hydrogens is 817 g/mol. The Bertz CT molecular complexity index is 4370. The number of hydrogen-bond acceptors (Lipinski definition) is 3. The van der Waals surface area contributed by atoms with Crippen LogP contribution in [0, 0.1) is 27.6 Å². The molecule has 5 heteroatoms. The zero-order chi connectivity index (χ0) is 54.2. The van der Waals surface area contributed by atoms with Crippen LogP contribution in [0.2, 0.25) is 0 Å². The molecule has 4 heterocycles. The van der Waals surface area contributed by atoms with Gasteiger partial charge in [0.2, 0.25) is 0 Å². The Labute approximate surface area is 405 Å². The van der Waals surface area contributed by atoms with Crippen LogP contribution >= 0.6 is 0 Å². The molecule has 0 unspecified atom stereocenters. The highest BCUT2D eigenvalue weighted by atomic mass is 16.5. The van der Waals surface area contributed by atoms with E-state index in [0.717, 1.165) is 65.7 Å². The van der Waals surface area contributed by atoms with Gasteiger partial charge in [0.15, 0.2) is 0 Å². The van der Waals surface area contributed by atoms with Crippen molar-refractivity contribution in [1.29, 1.82) is 0 Å². The molecule has 8 aromatic carbocycles. The third-order valence-corrected chi connectivity index (χ3v) is 13.4. The number of benzene rings is 8. The standard InChI is InChI=1S/C62H52N4O/c1-38-22-30-48-46-15-8-9-16-47(46)51-19-13-21-56-61(51)65(60-40(3)14-12-18-52(60)53(48)32-38)37-64(56)44-28-23-39(2)58(34-44)67-45-29-31-50-49-17-10-11-20-55(49)66(57(50)35-45)59-33-41(4)54(36-63-59)42-24-26-43(27-25-42)62(5,6)7/h8-36H,37H2,1-7H3/i2D3,4D3,10D,11D,17D,20D. The van der Waals surface area contributed by atoms with E-state index >= 15 is 0 Å². The fraction of sp³-hybridized carbons (Fsp3) is 0.145. The molecule has 11 aromatic rings. The lowest BCUT2D eigenvalue weighted by Crippen LogP contribution is -2.15. The highest BCUT2D eigenvalue weighted by Gasteiger charge is 2.26. The number of para-hydroxylation sites is 3. The second-order valence-corrected chi connectivity index (χ2v) is 18.7. The number of hydrogen-bond donors (Lipinski definition) is 0. The Balaban J connectivity index is 1.04. The third kappa shape index (κ3) is 6.63. The van der Waals surface area contributed by atoms with Crippen LogP contribution in [0.5, 0.6) is 11.5 Å². The zero-order valence-corrected chi connectivity index (χ0v) is 37.8. The van der Waals surface area contributed by atoms with E-state index in [0.29, 0.717) is 34.4 Å². The lowest BCUT2D eigenvalue weighted by Gasteiger charge is -2.21. The number of ether oxygens (including phenoxy) is 1. The minimum atomic E-state index is -2.61. The third-order valence-electron chi connectivity index (χ3n) is 13.4. The Morgan fingerprint density at radius 1 is 0.597 bits per heavy atom. The van der Waals surface area contributed by atoms with E-state index in [9.17, 15) is 1.37 Å². The van der Waals surface area contributed by atoms with E-state index in [1.807, 2.05) is 30.3 Å². The monoisotopic (exact) mass is 878 g/mol. The van der Waals surface area contributed by atoms with Gasteiger partial charge in [-0.1, -0.05) is 148 Å². The van der Waals surface area contributed by atoms with E-state index in [-0.39, 0.29) is 56.8 Å². The van der Waals surface area contributed by atoms with Crippen molar-refractivity contribution < 1.29 is 18.4 Å². The van der Waals surface area contributed by atoms with Gasteiger partial charge in [0.05, 0.1) is 33.2 Å². The van der Waals surface area contributed by atoms with Gasteiger partial charge in [0.25, 0.3) is 0 Å². The highest BCUT2D eigenvalue weighted by molar-refractivity contribution is 6.21. The second-order valence-electron chi connectivity index (χ2n) is 18.7. The number of aromatic nitrogens is 3. The van der Waals surface area contributed by atoms with Crippen molar-refractivity contribution in [2.75, 3.05) is 4.90 Å². The average molecular weight is 879 g/mol. The van der Waals surface area contributed by atoms with Gasteiger partial charge in [-0.25, -0.2) is 4.98 Å². The maximum absolute atomic E-state index is 9.22. The fourth-order valence-corrected chi connectivity index (χ4v) is 10.1. The second kappa shape index (κ2) is 15.4. The number of fused-ring (bicyclic) bond motifs is 10. The van der Waals surface area contributed by atoms with Crippen molar-refractivity contribution in [2.24, 2.45) is 0 Å². The molecule has 1 aliphatic rings. The number of aryl methyl sites for hydroxylation is 4. The van der Waals surface area contributed by atoms with Gasteiger partial charge < -0.3 is 14.2 Å². The molecule has 0 fully saturated rings. The summed E-state index contributed by atoms with van der Waals surface area (Å²) in [5, 5.41) is 7.25. The molecular formula is C62H52N4O. The average Bonchev–Trinajstić information content (AvgIpc) is 4.16. The van der Waals surface area contributed by atoms with Crippen LogP contribution in [0.15, 0.2) is 176 Å². The summed E-state index contributed by atoms with van der Waals surface area (Å²) < 4.78 is 98.7. The SMILES string of the molecule is [2H]c1c([2H])c([2H])c2c(c1[2H])c1ccc(Oc3cc(N4Cn5c6c(C)cccc6c6cc(C)ccc6c6ccccc6c6cccc4c65)ccc3C([2H])([2H])[2H])cc1n2-c1cc(C([2H])([2H])[2H])c(-c2ccc(C(C)(C)C)cc2)cn1. The van der Waals surface area contributed by atoms with E-state index < -0.39 is 25.8 Å². The van der Waals surface area contributed by atoms with Crippen molar-refractivity contribution in [2.45, 2.75) is 60.4 Å². The fourth-order valence-electron chi connectivity index (χ4n) is 10.1. The quantitative estimate of drug-likeness (QED) is 0.173. The minimum absolute atomic E-state index is 0.00231. The first kappa shape index (κ1) is 31.1. The van der Waals surface area contributed by atoms with Gasteiger partial charge in [-0.2, -0.15) is 0 Å². The Hall–Kier alpha value is -7.89. The summed E-state index contributed by atoms with van der Waals surface area (Å²) in [4.78, 5) is 7.00. The van der Waals surface area contributed by atoms with Gasteiger partial charge in [0, 0.05) is 59.3 Å². The zero-order valence-electron chi connectivity index (χ0n) is 47.8. The molecule has 0 amide bonds. The van der Waals surface area contributed by atoms with Crippen LogP contribution in [-0.2, 0) is 12.1 Å². The van der Waals surface area contributed by atoms with Crippen molar-refractivity contribution >= 4 is 76.5 Å². The molecule has 0 bridgehead atoms. The van der Waals surface area contributed by atoms with Crippen molar-refractivity contribution in [1.82, 2.24) is 14.1 Å². The molecule has 5 nitrogen and oxygen atoms in total. The van der Waals surface area contributed by atoms with Gasteiger partial charge in [-0.05, 0) is 119 Å². The predicted molar refractivity (Wildman–Crippen MR) is 282 cm³/mol. The lowest BCUT2D eigenvalue weighted by atomic mass is 9.86. The molecule has 0 N–H and O–H groups in total. The summed E-state index contributed by atoms with van der Waals surface area (Å²) in [6.45, 7) is 5.73. The smallest absolute Gasteiger partial charge is 0.137 e. The van der Waals surface area contributed by atoms with Crippen LogP contribution in [0.4, 0.5) is 11.4 Å². The van der Waals surface area contributed by atoms with Crippen molar-refractivity contribution in [3.63, 3.8) is 0 Å². The molecule has 0 saturated carbocycles. The largest absolute Gasteiger partial charge is 0.457 e. The Morgan fingerprint density at radius 2 is 1.33 bits per heavy atom. The Kier molecular flexibility index (Phi) is 7.13. The number of nitrogens with zero attached hydrogens (tertiary/aromatic N) is 4. The Morgan fingerprint density at radius 3 is 2.13 bits per heavy atom. The maximum Gasteiger partial charge on any atom is 0.137 e. The van der Waals surface area contributed by atoms with Crippen LogP contribution in [-0.4, -0.2) is 14.1 Å². The maximum atomic E-state index is 9.22. The molecule has 0 radical (unpaired) electrons. The summed E-state index contributed by atoms with van der Waals surface area (Å²) in [6, 6.07) is 45.6. The number of anilines is 2. The predicted octanol–water partition coefficient (Wildman–Crippen LogP) is 16.8. The van der Waals surface area contributed by atoms with Crippen LogP contribution < -0.4 is 9.64 Å². The summed E-state index contributed by atoms with van der Waals surface area (Å²) in [7, 11) is 0. The van der Waals surface area contributed by atoms with Crippen LogP contribution in [0.3, 0.4) is 0 Å². The van der Waals surface area contributed by atoms with E-state index in [1.165, 1.54) is 16.8 Å². The molecule has 0 spiro atoms. The van der Waals surface area contributed by atoms with Crippen LogP contribution in [0.1, 0.15) is 62.3 Å². The summed E-state index contributed by atoms with van der Waals surface area (Å²) in [5.74, 6) is 0.379. The highest BCUT2D eigenvalue weighted by Crippen LogP contribution is 2.45. The molecule has 0 atom stereocenters. The first-order valence-electron chi connectivity index (χ1n) is 27.6. The van der Waals surface area contributed by atoms with Crippen LogP contribution in [0.25, 0.3) is 82.1 Å². The molecule has 3 aromatic heterocycles. The lowest BCUT2D eigenvalue weighted by molar-refractivity contribution is 0.479. The molecule has 0 aliphatic carbocycles. The van der Waals surface area contributed by atoms with Gasteiger partial charge in [-0.3, -0.25) is 4.57 Å².